The molecule has 1 aromatic carbocycles. The Kier molecular flexibility index (Phi) is 6.80. The Morgan fingerprint density at radius 1 is 1.29 bits per heavy atom. The van der Waals surface area contributed by atoms with Crippen molar-refractivity contribution in [1.29, 1.82) is 5.26 Å². The maximum Gasteiger partial charge on any atom is 0.242 e. The van der Waals surface area contributed by atoms with Gasteiger partial charge in [0.25, 0.3) is 0 Å². The number of carbonyl (C=O) groups excluding carboxylic acids is 2. The molecule has 1 saturated heterocycles. The van der Waals surface area contributed by atoms with Gasteiger partial charge in [0.05, 0.1) is 12.6 Å². The lowest BCUT2D eigenvalue weighted by molar-refractivity contribution is -0.140. The summed E-state index contributed by atoms with van der Waals surface area (Å²) in [5.41, 5.74) is 1.12. The van der Waals surface area contributed by atoms with Crippen LogP contribution in [-0.4, -0.2) is 47.8 Å². The third kappa shape index (κ3) is 4.82. The minimum atomic E-state index is -0.685. The van der Waals surface area contributed by atoms with Crippen LogP contribution in [0, 0.1) is 17.2 Å². The molecule has 0 saturated carbocycles. The summed E-state index contributed by atoms with van der Waals surface area (Å²) in [5, 5.41) is 9.38. The lowest BCUT2D eigenvalue weighted by Crippen LogP contribution is -2.42. The second-order valence-corrected chi connectivity index (χ2v) is 6.20. The predicted octanol–water partition coefficient (Wildman–Crippen LogP) is 2.23. The minimum absolute atomic E-state index is 0.0116. The van der Waals surface area contributed by atoms with Crippen LogP contribution in [-0.2, 0) is 16.0 Å². The number of nitrogens with zero attached hydrogens (tertiary/aromatic N) is 3. The van der Waals surface area contributed by atoms with Gasteiger partial charge < -0.3 is 9.80 Å². The fraction of sp³-hybridized carbons (Fsp3) is 0.526. The zero-order valence-electron chi connectivity index (χ0n) is 14.3. The van der Waals surface area contributed by atoms with Crippen LogP contribution in [0.1, 0.15) is 31.7 Å². The molecular weight excluding hydrogens is 302 g/mol. The van der Waals surface area contributed by atoms with E-state index >= 15 is 0 Å². The second kappa shape index (κ2) is 9.07. The molecule has 1 aliphatic heterocycles. The van der Waals surface area contributed by atoms with Crippen LogP contribution in [0.25, 0.3) is 0 Å². The first-order valence-corrected chi connectivity index (χ1v) is 8.65. The molecular formula is C19H25N3O2. The van der Waals surface area contributed by atoms with Gasteiger partial charge in [-0.2, -0.15) is 5.26 Å². The summed E-state index contributed by atoms with van der Waals surface area (Å²) < 4.78 is 0. The van der Waals surface area contributed by atoms with Crippen molar-refractivity contribution in [2.24, 2.45) is 5.92 Å². The molecule has 1 heterocycles. The molecule has 0 aliphatic carbocycles. The largest absolute Gasteiger partial charge is 0.341 e. The van der Waals surface area contributed by atoms with Gasteiger partial charge in [0.2, 0.25) is 11.8 Å². The van der Waals surface area contributed by atoms with Crippen molar-refractivity contribution < 1.29 is 9.59 Å². The van der Waals surface area contributed by atoms with Gasteiger partial charge in [-0.1, -0.05) is 37.3 Å². The smallest absolute Gasteiger partial charge is 0.242 e. The van der Waals surface area contributed by atoms with Gasteiger partial charge in [-0.15, -0.1) is 0 Å². The number of amides is 2. The topological polar surface area (TPSA) is 64.4 Å². The molecule has 5 heteroatoms. The maximum atomic E-state index is 12.6. The molecule has 0 spiro atoms. The minimum Gasteiger partial charge on any atom is -0.341 e. The van der Waals surface area contributed by atoms with E-state index in [0.717, 1.165) is 24.9 Å². The zero-order chi connectivity index (χ0) is 17.4. The zero-order valence-corrected chi connectivity index (χ0v) is 14.3. The highest BCUT2D eigenvalue weighted by molar-refractivity contribution is 5.87. The molecule has 128 valence electrons. The third-order valence-corrected chi connectivity index (χ3v) is 4.36. The first-order chi connectivity index (χ1) is 11.7. The van der Waals surface area contributed by atoms with Crippen molar-refractivity contribution in [3.63, 3.8) is 0 Å². The van der Waals surface area contributed by atoms with E-state index in [2.05, 4.69) is 6.07 Å². The monoisotopic (exact) mass is 327 g/mol. The Morgan fingerprint density at radius 2 is 2.04 bits per heavy atom. The first-order valence-electron chi connectivity index (χ1n) is 8.65. The Balaban J connectivity index is 1.95. The van der Waals surface area contributed by atoms with Gasteiger partial charge in [-0.05, 0) is 31.2 Å². The van der Waals surface area contributed by atoms with Gasteiger partial charge in [0, 0.05) is 19.6 Å². The van der Waals surface area contributed by atoms with Crippen LogP contribution in [0.3, 0.4) is 0 Å². The van der Waals surface area contributed by atoms with Crippen molar-refractivity contribution >= 4 is 11.8 Å². The van der Waals surface area contributed by atoms with E-state index in [-0.39, 0.29) is 18.4 Å². The number of benzene rings is 1. The van der Waals surface area contributed by atoms with E-state index in [1.807, 2.05) is 42.2 Å². The molecule has 0 aromatic heterocycles. The van der Waals surface area contributed by atoms with E-state index in [4.69, 9.17) is 0 Å². The van der Waals surface area contributed by atoms with Crippen LogP contribution in [0.15, 0.2) is 30.3 Å². The van der Waals surface area contributed by atoms with E-state index < -0.39 is 5.92 Å². The molecule has 5 nitrogen and oxygen atoms in total. The number of hydrogen-bond acceptors (Lipinski definition) is 3. The van der Waals surface area contributed by atoms with E-state index in [9.17, 15) is 14.9 Å². The summed E-state index contributed by atoms with van der Waals surface area (Å²) in [7, 11) is 0. The van der Waals surface area contributed by atoms with E-state index in [1.54, 1.807) is 4.90 Å². The van der Waals surface area contributed by atoms with Crippen LogP contribution in [0.5, 0.6) is 0 Å². The van der Waals surface area contributed by atoms with E-state index in [1.165, 1.54) is 0 Å². The van der Waals surface area contributed by atoms with Crippen LogP contribution in [0.2, 0.25) is 0 Å². The average molecular weight is 327 g/mol. The summed E-state index contributed by atoms with van der Waals surface area (Å²) in [6.45, 7) is 4.11. The highest BCUT2D eigenvalue weighted by atomic mass is 16.2. The maximum absolute atomic E-state index is 12.6. The van der Waals surface area contributed by atoms with Crippen LogP contribution >= 0.6 is 0 Å². The van der Waals surface area contributed by atoms with Crippen molar-refractivity contribution in [3.05, 3.63) is 35.9 Å². The Hall–Kier alpha value is -2.35. The first kappa shape index (κ1) is 18.0. The summed E-state index contributed by atoms with van der Waals surface area (Å²) in [6, 6.07) is 12.0. The fourth-order valence-corrected chi connectivity index (χ4v) is 3.03. The number of nitriles is 1. The molecule has 2 rings (SSSR count). The number of aryl methyl sites for hydroxylation is 1. The molecule has 2 amide bonds. The van der Waals surface area contributed by atoms with Crippen LogP contribution in [0.4, 0.5) is 0 Å². The third-order valence-electron chi connectivity index (χ3n) is 4.36. The number of hydrogen-bond donors (Lipinski definition) is 0. The molecule has 0 bridgehead atoms. The van der Waals surface area contributed by atoms with E-state index in [0.29, 0.717) is 25.9 Å². The van der Waals surface area contributed by atoms with Gasteiger partial charge >= 0.3 is 0 Å². The Bertz CT molecular complexity index is 594. The predicted molar refractivity (Wildman–Crippen MR) is 91.9 cm³/mol. The lowest BCUT2D eigenvalue weighted by atomic mass is 9.99. The summed E-state index contributed by atoms with van der Waals surface area (Å²) in [4.78, 5) is 28.3. The fourth-order valence-electron chi connectivity index (χ4n) is 3.03. The number of carbonyl (C=O) groups is 2. The normalized spacial score (nSPS) is 16.4. The highest BCUT2D eigenvalue weighted by Crippen LogP contribution is 2.15. The molecule has 0 N–H and O–H groups in total. The van der Waals surface area contributed by atoms with Crippen LogP contribution < -0.4 is 0 Å². The molecule has 1 atom stereocenters. The standard InChI is InChI=1S/C19H25N3O2/c1-2-11-21-12-6-13-22(15-18(21)23)19(24)17(14-20)10-9-16-7-4-3-5-8-16/h3-5,7-8,17H,2,6,9-13,15H2,1H3/t17-/m1/s1. The SMILES string of the molecule is CCCN1CCCN(C(=O)[C@@H](C#N)CCc2ccccc2)CC1=O. The van der Waals surface area contributed by atoms with Gasteiger partial charge in [-0.3, -0.25) is 9.59 Å². The molecule has 0 radical (unpaired) electrons. The molecule has 1 fully saturated rings. The number of rotatable bonds is 6. The van der Waals surface area contributed by atoms with Crippen molar-refractivity contribution in [2.45, 2.75) is 32.6 Å². The van der Waals surface area contributed by atoms with Crippen molar-refractivity contribution in [2.75, 3.05) is 26.2 Å². The lowest BCUT2D eigenvalue weighted by Gasteiger charge is -2.23. The summed E-state index contributed by atoms with van der Waals surface area (Å²) >= 11 is 0. The summed E-state index contributed by atoms with van der Waals surface area (Å²) in [6.07, 6.45) is 2.86. The molecule has 24 heavy (non-hydrogen) atoms. The van der Waals surface area contributed by atoms with Gasteiger partial charge in [-0.25, -0.2) is 0 Å². The Labute approximate surface area is 143 Å². The summed E-state index contributed by atoms with van der Waals surface area (Å²) in [5.74, 6) is -0.904. The van der Waals surface area contributed by atoms with Crippen molar-refractivity contribution in [3.8, 4) is 6.07 Å². The van der Waals surface area contributed by atoms with Gasteiger partial charge in [0.1, 0.15) is 5.92 Å². The second-order valence-electron chi connectivity index (χ2n) is 6.20. The Morgan fingerprint density at radius 3 is 2.71 bits per heavy atom. The quantitative estimate of drug-likeness (QED) is 0.805. The molecule has 1 aromatic rings. The molecule has 1 aliphatic rings. The van der Waals surface area contributed by atoms with Gasteiger partial charge in [0.15, 0.2) is 0 Å². The van der Waals surface area contributed by atoms with Crippen molar-refractivity contribution in [1.82, 2.24) is 9.80 Å². The molecule has 0 unspecified atom stereocenters. The highest BCUT2D eigenvalue weighted by Gasteiger charge is 2.29. The average Bonchev–Trinajstić information content (AvgIpc) is 2.78.